The van der Waals surface area contributed by atoms with Crippen LogP contribution >= 0.6 is 0 Å². The van der Waals surface area contributed by atoms with Crippen LogP contribution in [0.5, 0.6) is 0 Å². The number of nitriles is 1. The summed E-state index contributed by atoms with van der Waals surface area (Å²) in [6.45, 7) is 4.47. The molecule has 186 valence electrons. The van der Waals surface area contributed by atoms with E-state index in [-0.39, 0.29) is 17.9 Å². The van der Waals surface area contributed by atoms with Crippen molar-refractivity contribution >= 4 is 5.91 Å². The van der Waals surface area contributed by atoms with Crippen molar-refractivity contribution in [3.63, 3.8) is 0 Å². The fourth-order valence-electron chi connectivity index (χ4n) is 4.17. The van der Waals surface area contributed by atoms with Crippen molar-refractivity contribution in [3.05, 3.63) is 107 Å². The zero-order chi connectivity index (χ0) is 25.2. The van der Waals surface area contributed by atoms with E-state index >= 15 is 0 Å². The molecule has 36 heavy (non-hydrogen) atoms. The number of hydrogen-bond acceptors (Lipinski definition) is 5. The fourth-order valence-corrected chi connectivity index (χ4v) is 4.17. The van der Waals surface area contributed by atoms with Crippen LogP contribution in [0.15, 0.2) is 90.4 Å². The first-order valence-electron chi connectivity index (χ1n) is 12.7. The Hall–Kier alpha value is -3.66. The average molecular weight is 483 g/mol. The van der Waals surface area contributed by atoms with E-state index in [0.29, 0.717) is 12.1 Å². The van der Waals surface area contributed by atoms with Gasteiger partial charge in [0.2, 0.25) is 5.91 Å². The number of allylic oxidation sites excluding steroid dienone is 4. The van der Waals surface area contributed by atoms with Crippen LogP contribution < -0.4 is 16.0 Å². The van der Waals surface area contributed by atoms with Gasteiger partial charge in [-0.1, -0.05) is 55.5 Å². The molecule has 2 aromatic carbocycles. The van der Waals surface area contributed by atoms with Crippen molar-refractivity contribution in [1.29, 1.82) is 5.26 Å². The highest BCUT2D eigenvalue weighted by Gasteiger charge is 2.22. The van der Waals surface area contributed by atoms with Gasteiger partial charge in [-0.25, -0.2) is 0 Å². The van der Waals surface area contributed by atoms with Crippen molar-refractivity contribution in [3.8, 4) is 6.07 Å². The van der Waals surface area contributed by atoms with E-state index in [2.05, 4.69) is 41.1 Å². The topological polar surface area (TPSA) is 86.2 Å². The molecule has 1 aliphatic carbocycles. The van der Waals surface area contributed by atoms with Gasteiger partial charge in [-0.05, 0) is 66.7 Å². The lowest BCUT2D eigenvalue weighted by Crippen LogP contribution is -2.48. The molecule has 1 fully saturated rings. The number of nitrogens with zero attached hydrogens (tertiary/aromatic N) is 1. The molecule has 0 aromatic heterocycles. The Morgan fingerprint density at radius 1 is 1.06 bits per heavy atom. The van der Waals surface area contributed by atoms with Gasteiger partial charge in [0.05, 0.1) is 11.6 Å². The van der Waals surface area contributed by atoms with Crippen LogP contribution in [0.1, 0.15) is 54.8 Å². The monoisotopic (exact) mass is 482 g/mol. The molecule has 0 saturated carbocycles. The van der Waals surface area contributed by atoms with Crippen LogP contribution in [-0.2, 0) is 9.53 Å². The SMILES string of the molecule is C[C@H](CNC(C(=O)NC1=CCCC/C=C(\OC2CNC2)C=C1)c1ccccc1)c1ccc(C#N)cc1. The van der Waals surface area contributed by atoms with E-state index in [1.54, 1.807) is 0 Å². The Morgan fingerprint density at radius 2 is 1.81 bits per heavy atom. The van der Waals surface area contributed by atoms with Gasteiger partial charge >= 0.3 is 0 Å². The summed E-state index contributed by atoms with van der Waals surface area (Å²) in [5, 5.41) is 18.9. The van der Waals surface area contributed by atoms with E-state index in [1.165, 1.54) is 0 Å². The minimum absolute atomic E-state index is 0.0991. The zero-order valence-corrected chi connectivity index (χ0v) is 20.7. The van der Waals surface area contributed by atoms with E-state index < -0.39 is 6.04 Å². The summed E-state index contributed by atoms with van der Waals surface area (Å²) < 4.78 is 6.05. The largest absolute Gasteiger partial charge is 0.488 e. The molecule has 1 saturated heterocycles. The normalized spacial score (nSPS) is 19.1. The molecule has 1 amide bonds. The van der Waals surface area contributed by atoms with Gasteiger partial charge < -0.3 is 20.7 Å². The van der Waals surface area contributed by atoms with Crippen LogP contribution in [0.4, 0.5) is 0 Å². The summed E-state index contributed by atoms with van der Waals surface area (Å²) in [4.78, 5) is 13.5. The Labute approximate surface area is 213 Å². The molecule has 2 aromatic rings. The number of nitrogens with one attached hydrogen (secondary N) is 3. The third-order valence-corrected chi connectivity index (χ3v) is 6.49. The highest BCUT2D eigenvalue weighted by molar-refractivity contribution is 5.85. The number of ether oxygens (including phenoxy) is 1. The summed E-state index contributed by atoms with van der Waals surface area (Å²) in [6, 6.07) is 19.1. The van der Waals surface area contributed by atoms with Gasteiger partial charge in [-0.2, -0.15) is 5.26 Å². The van der Waals surface area contributed by atoms with Gasteiger partial charge in [0, 0.05) is 25.3 Å². The third kappa shape index (κ3) is 7.17. The molecule has 4 rings (SSSR count). The summed E-state index contributed by atoms with van der Waals surface area (Å²) in [7, 11) is 0. The lowest BCUT2D eigenvalue weighted by Gasteiger charge is -2.28. The third-order valence-electron chi connectivity index (χ3n) is 6.49. The molecular formula is C30H34N4O2. The predicted molar refractivity (Wildman–Crippen MR) is 142 cm³/mol. The Morgan fingerprint density at radius 3 is 2.50 bits per heavy atom. The fraction of sp³-hybridized carbons (Fsp3) is 0.333. The van der Waals surface area contributed by atoms with Crippen LogP contribution in [0, 0.1) is 11.3 Å². The second-order valence-electron chi connectivity index (χ2n) is 9.30. The van der Waals surface area contributed by atoms with Crippen molar-refractivity contribution in [2.75, 3.05) is 19.6 Å². The molecule has 3 N–H and O–H groups in total. The maximum absolute atomic E-state index is 13.5. The first-order valence-corrected chi connectivity index (χ1v) is 12.7. The molecule has 6 heteroatoms. The molecule has 2 atom stereocenters. The highest BCUT2D eigenvalue weighted by atomic mass is 16.5. The molecule has 0 bridgehead atoms. The quantitative estimate of drug-likeness (QED) is 0.486. The van der Waals surface area contributed by atoms with Gasteiger partial charge in [0.15, 0.2) is 0 Å². The summed E-state index contributed by atoms with van der Waals surface area (Å²) in [5.41, 5.74) is 3.46. The van der Waals surface area contributed by atoms with Crippen LogP contribution in [0.25, 0.3) is 0 Å². The minimum Gasteiger partial charge on any atom is -0.488 e. The van der Waals surface area contributed by atoms with Gasteiger partial charge in [0.1, 0.15) is 17.9 Å². The van der Waals surface area contributed by atoms with Crippen LogP contribution in [0.3, 0.4) is 0 Å². The summed E-state index contributed by atoms with van der Waals surface area (Å²) >= 11 is 0. The number of rotatable bonds is 9. The second-order valence-corrected chi connectivity index (χ2v) is 9.30. The Bertz CT molecular complexity index is 1140. The molecule has 2 aliphatic rings. The molecule has 1 unspecified atom stereocenters. The number of carbonyl (C=O) groups is 1. The van der Waals surface area contributed by atoms with E-state index in [1.807, 2.05) is 66.7 Å². The number of carbonyl (C=O) groups excluding carboxylic acids is 1. The summed E-state index contributed by atoms with van der Waals surface area (Å²) in [5.74, 6) is 0.933. The average Bonchev–Trinajstić information content (AvgIpc) is 2.99. The van der Waals surface area contributed by atoms with Crippen molar-refractivity contribution in [1.82, 2.24) is 16.0 Å². The number of amides is 1. The van der Waals surface area contributed by atoms with Gasteiger partial charge in [0.25, 0.3) is 0 Å². The molecule has 1 aliphatic heterocycles. The van der Waals surface area contributed by atoms with E-state index in [4.69, 9.17) is 10.00 Å². The van der Waals surface area contributed by atoms with E-state index in [9.17, 15) is 4.79 Å². The number of benzene rings is 2. The van der Waals surface area contributed by atoms with Gasteiger partial charge in [-0.15, -0.1) is 0 Å². The highest BCUT2D eigenvalue weighted by Crippen LogP contribution is 2.20. The Kier molecular flexibility index (Phi) is 9.09. The molecular weight excluding hydrogens is 448 g/mol. The molecule has 1 heterocycles. The Balaban J connectivity index is 1.44. The van der Waals surface area contributed by atoms with Crippen LogP contribution in [0.2, 0.25) is 0 Å². The molecule has 6 nitrogen and oxygen atoms in total. The number of hydrogen-bond donors (Lipinski definition) is 3. The predicted octanol–water partition coefficient (Wildman–Crippen LogP) is 4.61. The first kappa shape index (κ1) is 25.4. The summed E-state index contributed by atoms with van der Waals surface area (Å²) in [6.07, 6.45) is 11.1. The molecule has 0 radical (unpaired) electrons. The van der Waals surface area contributed by atoms with Crippen LogP contribution in [-0.4, -0.2) is 31.6 Å². The zero-order valence-electron chi connectivity index (χ0n) is 20.7. The van der Waals surface area contributed by atoms with Crippen molar-refractivity contribution < 1.29 is 9.53 Å². The van der Waals surface area contributed by atoms with Crippen molar-refractivity contribution in [2.24, 2.45) is 0 Å². The smallest absolute Gasteiger partial charge is 0.246 e. The lowest BCUT2D eigenvalue weighted by atomic mass is 9.98. The van der Waals surface area contributed by atoms with E-state index in [0.717, 1.165) is 54.9 Å². The molecule has 0 spiro atoms. The minimum atomic E-state index is -0.499. The van der Waals surface area contributed by atoms with Gasteiger partial charge in [-0.3, -0.25) is 4.79 Å². The maximum atomic E-state index is 13.5. The second kappa shape index (κ2) is 12.9. The first-order chi connectivity index (χ1) is 17.6. The lowest BCUT2D eigenvalue weighted by molar-refractivity contribution is -0.122. The maximum Gasteiger partial charge on any atom is 0.246 e. The van der Waals surface area contributed by atoms with Crippen molar-refractivity contribution in [2.45, 2.75) is 44.2 Å². The standard InChI is InChI=1S/C30H34N4O2/c1-22(24-14-12-23(18-31)13-15-24)19-33-29(25-8-4-2-5-9-25)30(35)34-26-10-6-3-7-11-27(17-16-26)36-28-20-32-21-28/h2,4-5,8-17,22,28-29,32-33H,3,6-7,19-21H2,1H3,(H,34,35)/b17-16?,26-10?,27-11-/t22-,29?/m1/s1.